The van der Waals surface area contributed by atoms with Crippen LogP contribution in [0, 0.1) is 0 Å². The minimum absolute atomic E-state index is 0.0514. The molecular weight excluding hydrogens is 396 g/mol. The Bertz CT molecular complexity index is 795. The lowest BCUT2D eigenvalue weighted by Crippen LogP contribution is -2.41. The fourth-order valence-electron chi connectivity index (χ4n) is 3.32. The number of anilines is 1. The standard InChI is InChI=1S/C19H24N4O3S2/c24-17(20-10-14-11-25-15-8-4-5-9-16(15)26-14)12-27-19-23-22-18(28-19)21-13-6-2-1-3-7-13/h4-5,8-9,13-14H,1-3,6-7,10-12H2,(H,20,24)(H,21,22). The Morgan fingerprint density at radius 3 is 2.86 bits per heavy atom. The fourth-order valence-corrected chi connectivity index (χ4v) is 4.98. The molecule has 1 aromatic heterocycles. The molecule has 2 heterocycles. The zero-order chi connectivity index (χ0) is 19.2. The van der Waals surface area contributed by atoms with Gasteiger partial charge in [-0.3, -0.25) is 4.79 Å². The van der Waals surface area contributed by atoms with Gasteiger partial charge in [0.2, 0.25) is 11.0 Å². The van der Waals surface area contributed by atoms with E-state index in [1.807, 2.05) is 24.3 Å². The van der Waals surface area contributed by atoms with Gasteiger partial charge in [-0.25, -0.2) is 0 Å². The van der Waals surface area contributed by atoms with Crippen LogP contribution in [0.4, 0.5) is 5.13 Å². The summed E-state index contributed by atoms with van der Waals surface area (Å²) in [6.07, 6.45) is 6.09. The minimum atomic E-state index is -0.184. The Labute approximate surface area is 172 Å². The zero-order valence-corrected chi connectivity index (χ0v) is 17.2. The SMILES string of the molecule is O=C(CSc1nnc(NC2CCCCC2)s1)NCC1COc2ccccc2O1. The van der Waals surface area contributed by atoms with E-state index in [9.17, 15) is 4.79 Å². The number of aromatic nitrogens is 2. The summed E-state index contributed by atoms with van der Waals surface area (Å²) < 4.78 is 12.3. The Kier molecular flexibility index (Phi) is 6.53. The molecule has 2 aliphatic rings. The van der Waals surface area contributed by atoms with Crippen LogP contribution < -0.4 is 20.1 Å². The van der Waals surface area contributed by atoms with Gasteiger partial charge >= 0.3 is 0 Å². The number of carbonyl (C=O) groups is 1. The molecule has 1 atom stereocenters. The molecule has 1 aromatic carbocycles. The summed E-state index contributed by atoms with van der Waals surface area (Å²) in [7, 11) is 0. The molecule has 2 N–H and O–H groups in total. The number of para-hydroxylation sites is 2. The second-order valence-corrected chi connectivity index (χ2v) is 9.14. The van der Waals surface area contributed by atoms with Crippen LogP contribution in [0.3, 0.4) is 0 Å². The first-order valence-corrected chi connectivity index (χ1v) is 11.4. The smallest absolute Gasteiger partial charge is 0.230 e. The van der Waals surface area contributed by atoms with Crippen molar-refractivity contribution in [1.82, 2.24) is 15.5 Å². The van der Waals surface area contributed by atoms with Gasteiger partial charge in [0.1, 0.15) is 12.7 Å². The number of ether oxygens (including phenoxy) is 2. The third kappa shape index (κ3) is 5.29. The van der Waals surface area contributed by atoms with Crippen molar-refractivity contribution < 1.29 is 14.3 Å². The van der Waals surface area contributed by atoms with Crippen molar-refractivity contribution in [3.05, 3.63) is 24.3 Å². The molecule has 1 aliphatic heterocycles. The molecule has 4 rings (SSSR count). The van der Waals surface area contributed by atoms with Crippen molar-refractivity contribution >= 4 is 34.1 Å². The Hall–Kier alpha value is -2.00. The lowest BCUT2D eigenvalue weighted by molar-refractivity contribution is -0.119. The van der Waals surface area contributed by atoms with Gasteiger partial charge in [0.25, 0.3) is 0 Å². The van der Waals surface area contributed by atoms with Gasteiger partial charge in [-0.15, -0.1) is 10.2 Å². The highest BCUT2D eigenvalue weighted by molar-refractivity contribution is 8.01. The molecular formula is C19H24N4O3S2. The first-order chi connectivity index (χ1) is 13.8. The number of carbonyl (C=O) groups excluding carboxylic acids is 1. The normalized spacial score (nSPS) is 19.2. The number of nitrogens with zero attached hydrogens (tertiary/aromatic N) is 2. The predicted octanol–water partition coefficient (Wildman–Crippen LogP) is 3.33. The highest BCUT2D eigenvalue weighted by Crippen LogP contribution is 2.31. The van der Waals surface area contributed by atoms with E-state index in [1.54, 1.807) is 0 Å². The van der Waals surface area contributed by atoms with Crippen LogP contribution in [0.25, 0.3) is 0 Å². The Morgan fingerprint density at radius 1 is 1.18 bits per heavy atom. The van der Waals surface area contributed by atoms with Crippen molar-refractivity contribution in [3.63, 3.8) is 0 Å². The molecule has 7 nitrogen and oxygen atoms in total. The fraction of sp³-hybridized carbons (Fsp3) is 0.526. The third-order valence-corrected chi connectivity index (χ3v) is 6.75. The average molecular weight is 421 g/mol. The molecule has 0 saturated heterocycles. The first kappa shape index (κ1) is 19.3. The van der Waals surface area contributed by atoms with Gasteiger partial charge < -0.3 is 20.1 Å². The van der Waals surface area contributed by atoms with E-state index in [0.29, 0.717) is 30.7 Å². The molecule has 28 heavy (non-hydrogen) atoms. The van der Waals surface area contributed by atoms with Crippen LogP contribution in [0.1, 0.15) is 32.1 Å². The summed E-state index contributed by atoms with van der Waals surface area (Å²) in [6.45, 7) is 0.843. The predicted molar refractivity (Wildman–Crippen MR) is 110 cm³/mol. The molecule has 9 heteroatoms. The van der Waals surface area contributed by atoms with Crippen LogP contribution in [0.5, 0.6) is 11.5 Å². The van der Waals surface area contributed by atoms with Crippen molar-refractivity contribution in [1.29, 1.82) is 0 Å². The highest BCUT2D eigenvalue weighted by atomic mass is 32.2. The van der Waals surface area contributed by atoms with Crippen molar-refractivity contribution in [2.75, 3.05) is 24.2 Å². The van der Waals surface area contributed by atoms with Gasteiger partial charge in [-0.05, 0) is 25.0 Å². The maximum atomic E-state index is 12.1. The van der Waals surface area contributed by atoms with Gasteiger partial charge in [-0.1, -0.05) is 54.5 Å². The topological polar surface area (TPSA) is 85.4 Å². The average Bonchev–Trinajstić information content (AvgIpc) is 3.18. The Balaban J connectivity index is 1.17. The van der Waals surface area contributed by atoms with E-state index in [4.69, 9.17) is 9.47 Å². The van der Waals surface area contributed by atoms with E-state index in [1.165, 1.54) is 55.2 Å². The zero-order valence-electron chi connectivity index (χ0n) is 15.6. The first-order valence-electron chi connectivity index (χ1n) is 9.64. The molecule has 1 amide bonds. The van der Waals surface area contributed by atoms with Gasteiger partial charge in [-0.2, -0.15) is 0 Å². The Morgan fingerprint density at radius 2 is 2.00 bits per heavy atom. The molecule has 2 aromatic rings. The van der Waals surface area contributed by atoms with Gasteiger partial charge in [0, 0.05) is 6.04 Å². The lowest BCUT2D eigenvalue weighted by atomic mass is 9.96. The van der Waals surface area contributed by atoms with E-state index < -0.39 is 0 Å². The highest BCUT2D eigenvalue weighted by Gasteiger charge is 2.21. The van der Waals surface area contributed by atoms with E-state index >= 15 is 0 Å². The third-order valence-electron chi connectivity index (χ3n) is 4.76. The van der Waals surface area contributed by atoms with E-state index in [0.717, 1.165) is 15.2 Å². The number of nitrogens with one attached hydrogen (secondary N) is 2. The maximum absolute atomic E-state index is 12.1. The van der Waals surface area contributed by atoms with Crippen molar-refractivity contribution in [2.24, 2.45) is 0 Å². The van der Waals surface area contributed by atoms with E-state index in [-0.39, 0.29) is 12.0 Å². The summed E-state index contributed by atoms with van der Waals surface area (Å²) in [5.41, 5.74) is 0. The number of benzene rings is 1. The largest absolute Gasteiger partial charge is 0.486 e. The molecule has 1 fully saturated rings. The minimum Gasteiger partial charge on any atom is -0.486 e. The van der Waals surface area contributed by atoms with Gasteiger partial charge in [0.05, 0.1) is 12.3 Å². The second-order valence-electron chi connectivity index (χ2n) is 6.94. The molecule has 0 radical (unpaired) electrons. The number of fused-ring (bicyclic) bond motifs is 1. The van der Waals surface area contributed by atoms with Crippen molar-refractivity contribution in [3.8, 4) is 11.5 Å². The molecule has 1 aliphatic carbocycles. The molecule has 1 unspecified atom stereocenters. The summed E-state index contributed by atoms with van der Waals surface area (Å²) in [4.78, 5) is 12.1. The van der Waals surface area contributed by atoms with Crippen LogP contribution in [-0.4, -0.2) is 47.2 Å². The molecule has 1 saturated carbocycles. The number of amides is 1. The second kappa shape index (κ2) is 9.47. The monoisotopic (exact) mass is 420 g/mol. The van der Waals surface area contributed by atoms with Crippen LogP contribution in [-0.2, 0) is 4.79 Å². The summed E-state index contributed by atoms with van der Waals surface area (Å²) in [6, 6.07) is 8.06. The van der Waals surface area contributed by atoms with Crippen molar-refractivity contribution in [2.45, 2.75) is 48.6 Å². The van der Waals surface area contributed by atoms with Crippen LogP contribution >= 0.6 is 23.1 Å². The van der Waals surface area contributed by atoms with E-state index in [2.05, 4.69) is 20.8 Å². The number of hydrogen-bond donors (Lipinski definition) is 2. The molecule has 0 spiro atoms. The number of hydrogen-bond acceptors (Lipinski definition) is 8. The van der Waals surface area contributed by atoms with Gasteiger partial charge in [0.15, 0.2) is 15.8 Å². The lowest BCUT2D eigenvalue weighted by Gasteiger charge is -2.26. The molecule has 0 bridgehead atoms. The summed E-state index contributed by atoms with van der Waals surface area (Å²) in [5, 5.41) is 15.6. The quantitative estimate of drug-likeness (QED) is 0.665. The maximum Gasteiger partial charge on any atom is 0.230 e. The number of thioether (sulfide) groups is 1. The summed E-state index contributed by atoms with van der Waals surface area (Å²) in [5.74, 6) is 1.72. The summed E-state index contributed by atoms with van der Waals surface area (Å²) >= 11 is 2.92. The number of rotatable bonds is 7. The molecule has 150 valence electrons. The van der Waals surface area contributed by atoms with Crippen LogP contribution in [0.15, 0.2) is 28.6 Å². The van der Waals surface area contributed by atoms with Crippen LogP contribution in [0.2, 0.25) is 0 Å².